The molecule has 1 amide bonds. The second-order valence-electron chi connectivity index (χ2n) is 7.10. The molecule has 0 spiro atoms. The number of aromatic nitrogens is 3. The Morgan fingerprint density at radius 2 is 2.10 bits per heavy atom. The van der Waals surface area contributed by atoms with Gasteiger partial charge in [0.2, 0.25) is 5.88 Å². The van der Waals surface area contributed by atoms with Crippen molar-refractivity contribution in [3.8, 4) is 17.0 Å². The van der Waals surface area contributed by atoms with E-state index in [4.69, 9.17) is 10.5 Å². The minimum Gasteiger partial charge on any atom is -0.471 e. The summed E-state index contributed by atoms with van der Waals surface area (Å²) in [6.07, 6.45) is 3.48. The molecule has 2 aromatic rings. The molecule has 0 radical (unpaired) electrons. The van der Waals surface area contributed by atoms with Crippen LogP contribution in [0.25, 0.3) is 11.1 Å². The molecule has 2 aromatic heterocycles. The molecule has 0 aliphatic carbocycles. The van der Waals surface area contributed by atoms with Gasteiger partial charge in [-0.2, -0.15) is 15.7 Å². The first-order valence-electron chi connectivity index (χ1n) is 8.92. The molecule has 2 aliphatic heterocycles. The summed E-state index contributed by atoms with van der Waals surface area (Å²) >= 11 is 0. The molecule has 2 fully saturated rings. The average molecular weight is 448 g/mol. The maximum atomic E-state index is 14.0. The van der Waals surface area contributed by atoms with Crippen LogP contribution in [0.4, 0.5) is 4.39 Å². The van der Waals surface area contributed by atoms with Gasteiger partial charge in [0.15, 0.2) is 0 Å². The number of rotatable bonds is 5. The molecule has 0 unspecified atom stereocenters. The Kier molecular flexibility index (Phi) is 6.34. The van der Waals surface area contributed by atoms with Gasteiger partial charge in [-0.3, -0.25) is 18.6 Å². The van der Waals surface area contributed by atoms with Crippen LogP contribution in [0.3, 0.4) is 0 Å². The molecule has 4 rings (SSSR count). The molecule has 0 aromatic carbocycles. The average Bonchev–Trinajstić information content (AvgIpc) is 3.11. The molecular weight excluding hydrogens is 425 g/mol. The summed E-state index contributed by atoms with van der Waals surface area (Å²) in [6, 6.07) is 1.49. The van der Waals surface area contributed by atoms with Crippen LogP contribution in [0.2, 0.25) is 0 Å². The SMILES string of the molecule is Cl.NC(=O)c1cc(-c2cnn(C3CS(O)(O)C3)c2)cnc1O[C@H]1CCNC[C@H]1F. The van der Waals surface area contributed by atoms with Crippen molar-refractivity contribution >= 4 is 28.9 Å². The van der Waals surface area contributed by atoms with Crippen molar-refractivity contribution in [3.63, 3.8) is 0 Å². The van der Waals surface area contributed by atoms with Crippen LogP contribution in [0.5, 0.6) is 5.88 Å². The van der Waals surface area contributed by atoms with Gasteiger partial charge in [0.25, 0.3) is 5.91 Å². The summed E-state index contributed by atoms with van der Waals surface area (Å²) in [5.41, 5.74) is 6.87. The maximum Gasteiger partial charge on any atom is 0.254 e. The zero-order chi connectivity index (χ0) is 19.9. The van der Waals surface area contributed by atoms with Crippen molar-refractivity contribution in [2.45, 2.75) is 24.7 Å². The van der Waals surface area contributed by atoms with Crippen molar-refractivity contribution in [1.29, 1.82) is 0 Å². The summed E-state index contributed by atoms with van der Waals surface area (Å²) in [6.45, 7) is 0.819. The van der Waals surface area contributed by atoms with Crippen LogP contribution >= 0.6 is 23.0 Å². The number of carbonyl (C=O) groups is 1. The zero-order valence-electron chi connectivity index (χ0n) is 15.4. The number of hydrogen-bond acceptors (Lipinski definition) is 7. The van der Waals surface area contributed by atoms with Crippen LogP contribution in [-0.2, 0) is 0 Å². The molecule has 4 heterocycles. The lowest BCUT2D eigenvalue weighted by atomic mass is 10.1. The molecule has 29 heavy (non-hydrogen) atoms. The molecule has 160 valence electrons. The van der Waals surface area contributed by atoms with Gasteiger partial charge in [-0.1, -0.05) is 0 Å². The van der Waals surface area contributed by atoms with Crippen molar-refractivity contribution in [2.24, 2.45) is 5.73 Å². The van der Waals surface area contributed by atoms with Gasteiger partial charge in [0.1, 0.15) is 17.8 Å². The normalized spacial score (nSPS) is 24.8. The van der Waals surface area contributed by atoms with Crippen LogP contribution in [0, 0.1) is 0 Å². The fourth-order valence-corrected chi connectivity index (χ4v) is 4.80. The third kappa shape index (κ3) is 4.64. The highest BCUT2D eigenvalue weighted by Gasteiger charge is 2.35. The van der Waals surface area contributed by atoms with Crippen LogP contribution in [-0.4, -0.2) is 66.6 Å². The fraction of sp³-hybridized carbons (Fsp3) is 0.471. The lowest BCUT2D eigenvalue weighted by molar-refractivity contribution is 0.0676. The smallest absolute Gasteiger partial charge is 0.254 e. The zero-order valence-corrected chi connectivity index (χ0v) is 17.0. The van der Waals surface area contributed by atoms with Crippen molar-refractivity contribution in [1.82, 2.24) is 20.1 Å². The molecular formula is C17H23ClFN5O4S. The number of ether oxygens (including phenoxy) is 1. The van der Waals surface area contributed by atoms with E-state index >= 15 is 0 Å². The lowest BCUT2D eigenvalue weighted by Gasteiger charge is -2.46. The van der Waals surface area contributed by atoms with Crippen LogP contribution in [0.1, 0.15) is 22.8 Å². The molecule has 0 saturated carbocycles. The first-order valence-corrected chi connectivity index (χ1v) is 10.8. The Bertz CT molecular complexity index is 890. The van der Waals surface area contributed by atoms with E-state index in [1.165, 1.54) is 6.20 Å². The highest BCUT2D eigenvalue weighted by Crippen LogP contribution is 2.53. The van der Waals surface area contributed by atoms with Crippen LogP contribution < -0.4 is 15.8 Å². The largest absolute Gasteiger partial charge is 0.471 e. The van der Waals surface area contributed by atoms with E-state index in [0.29, 0.717) is 24.1 Å². The van der Waals surface area contributed by atoms with Gasteiger partial charge in [-0.05, 0) is 19.0 Å². The topological polar surface area (TPSA) is 136 Å². The molecule has 9 nitrogen and oxygen atoms in total. The molecule has 5 N–H and O–H groups in total. The number of primary amides is 1. The van der Waals surface area contributed by atoms with E-state index in [1.807, 2.05) is 0 Å². The second-order valence-corrected chi connectivity index (χ2v) is 9.38. The summed E-state index contributed by atoms with van der Waals surface area (Å²) in [5.74, 6) is -0.126. The van der Waals surface area contributed by atoms with E-state index in [2.05, 4.69) is 15.4 Å². The standard InChI is InChI=1S/C17H22FN5O4S.ClH/c18-14-6-20-2-1-15(14)27-17-13(16(19)24)3-10(4-21-17)11-5-22-23(7-11)12-8-28(25,26)9-12;/h3-5,7,12,14-15,20,25-26H,1-2,6,8-9H2,(H2,19,24);1H/t14-,15+;/m1./s1. The van der Waals surface area contributed by atoms with Gasteiger partial charge in [0.05, 0.1) is 23.7 Å². The number of nitrogens with one attached hydrogen (secondary N) is 1. The number of amides is 1. The predicted molar refractivity (Wildman–Crippen MR) is 110 cm³/mol. The molecule has 2 atom stereocenters. The number of pyridine rings is 1. The Morgan fingerprint density at radius 1 is 1.34 bits per heavy atom. The van der Waals surface area contributed by atoms with Crippen molar-refractivity contribution in [2.75, 3.05) is 24.6 Å². The Balaban J connectivity index is 0.00000240. The van der Waals surface area contributed by atoms with Crippen molar-refractivity contribution < 1.29 is 23.0 Å². The first-order chi connectivity index (χ1) is 13.3. The lowest BCUT2D eigenvalue weighted by Crippen LogP contribution is -2.44. The predicted octanol–water partition coefficient (Wildman–Crippen LogP) is 1.85. The minimum absolute atomic E-state index is 0. The van der Waals surface area contributed by atoms with Gasteiger partial charge in [0, 0.05) is 30.1 Å². The summed E-state index contributed by atoms with van der Waals surface area (Å²) in [7, 11) is -2.46. The van der Waals surface area contributed by atoms with E-state index in [0.717, 1.165) is 0 Å². The van der Waals surface area contributed by atoms with Crippen LogP contribution in [0.15, 0.2) is 24.7 Å². The van der Waals surface area contributed by atoms with E-state index in [-0.39, 0.29) is 47.9 Å². The third-order valence-corrected chi connectivity index (χ3v) is 6.79. The number of piperidine rings is 1. The molecule has 2 aliphatic rings. The summed E-state index contributed by atoms with van der Waals surface area (Å²) < 4.78 is 40.4. The quantitative estimate of drug-likeness (QED) is 0.549. The number of nitrogens with zero attached hydrogens (tertiary/aromatic N) is 3. The Labute approximate surface area is 174 Å². The maximum absolute atomic E-state index is 14.0. The Morgan fingerprint density at radius 3 is 2.76 bits per heavy atom. The molecule has 0 bridgehead atoms. The minimum atomic E-state index is -2.46. The highest BCUT2D eigenvalue weighted by atomic mass is 35.5. The third-order valence-electron chi connectivity index (χ3n) is 4.96. The fourth-order valence-electron chi connectivity index (χ4n) is 3.36. The summed E-state index contributed by atoms with van der Waals surface area (Å²) in [5, 5.41) is 7.19. The molecule has 12 heteroatoms. The van der Waals surface area contributed by atoms with Gasteiger partial charge < -0.3 is 15.8 Å². The Hall–Kier alpha value is -1.92. The number of carbonyl (C=O) groups excluding carboxylic acids is 1. The van der Waals surface area contributed by atoms with Gasteiger partial charge >= 0.3 is 0 Å². The number of hydrogen-bond donors (Lipinski definition) is 4. The first kappa shape index (κ1) is 21.8. The van der Waals surface area contributed by atoms with Crippen molar-refractivity contribution in [3.05, 3.63) is 30.2 Å². The monoisotopic (exact) mass is 447 g/mol. The number of halogens is 2. The molecule has 2 saturated heterocycles. The second kappa shape index (κ2) is 8.44. The highest BCUT2D eigenvalue weighted by molar-refractivity contribution is 8.25. The van der Waals surface area contributed by atoms with E-state index in [9.17, 15) is 18.3 Å². The van der Waals surface area contributed by atoms with E-state index in [1.54, 1.807) is 23.1 Å². The van der Waals surface area contributed by atoms with E-state index < -0.39 is 28.8 Å². The number of alkyl halides is 1. The van der Waals surface area contributed by atoms with Gasteiger partial charge in [-0.25, -0.2) is 9.37 Å². The summed E-state index contributed by atoms with van der Waals surface area (Å²) in [4.78, 5) is 16.1. The van der Waals surface area contributed by atoms with Gasteiger partial charge in [-0.15, -0.1) is 12.4 Å². The number of nitrogens with two attached hydrogens (primary N) is 1.